The molecule has 1 fully saturated rings. The van der Waals surface area contributed by atoms with Crippen LogP contribution in [0.15, 0.2) is 24.3 Å². The van der Waals surface area contributed by atoms with Gasteiger partial charge >= 0.3 is 0 Å². The Morgan fingerprint density at radius 2 is 2.00 bits per heavy atom. The third-order valence-corrected chi connectivity index (χ3v) is 3.84. The van der Waals surface area contributed by atoms with Crippen LogP contribution >= 0.6 is 0 Å². The van der Waals surface area contributed by atoms with Crippen LogP contribution in [0.1, 0.15) is 45.2 Å². The van der Waals surface area contributed by atoms with E-state index in [9.17, 15) is 0 Å². The molecule has 1 aliphatic rings. The average molecular weight is 262 g/mol. The second-order valence-electron chi connectivity index (χ2n) is 5.65. The number of likely N-dealkylation sites (tertiary alicyclic amines) is 1. The van der Waals surface area contributed by atoms with Crippen LogP contribution in [0.5, 0.6) is 5.75 Å². The minimum absolute atomic E-state index is 0.241. The first-order valence-corrected chi connectivity index (χ1v) is 7.37. The zero-order valence-electron chi connectivity index (χ0n) is 12.3. The molecule has 0 radical (unpaired) electrons. The fourth-order valence-corrected chi connectivity index (χ4v) is 2.84. The third kappa shape index (κ3) is 3.28. The number of nitrogens with two attached hydrogens (primary N) is 1. The summed E-state index contributed by atoms with van der Waals surface area (Å²) < 4.78 is 5.63. The maximum Gasteiger partial charge on any atom is 0.119 e. The van der Waals surface area contributed by atoms with E-state index in [4.69, 9.17) is 10.5 Å². The fraction of sp³-hybridized carbons (Fsp3) is 0.625. The highest BCUT2D eigenvalue weighted by atomic mass is 16.5. The Morgan fingerprint density at radius 1 is 1.32 bits per heavy atom. The molecule has 0 bridgehead atoms. The van der Waals surface area contributed by atoms with Gasteiger partial charge in [0, 0.05) is 18.6 Å². The Labute approximate surface area is 116 Å². The lowest BCUT2D eigenvalue weighted by Gasteiger charge is -2.30. The van der Waals surface area contributed by atoms with Crippen LogP contribution in [-0.4, -0.2) is 30.1 Å². The summed E-state index contributed by atoms with van der Waals surface area (Å²) in [6.45, 7) is 8.47. The molecule has 2 rings (SSSR count). The summed E-state index contributed by atoms with van der Waals surface area (Å²) in [5.74, 6) is 0.952. The fourth-order valence-electron chi connectivity index (χ4n) is 2.84. The Bertz CT molecular complexity index is 388. The normalized spacial score (nSPS) is 24.1. The first-order chi connectivity index (χ1) is 9.13. The van der Waals surface area contributed by atoms with Gasteiger partial charge in [0.2, 0.25) is 0 Å². The van der Waals surface area contributed by atoms with Gasteiger partial charge in [-0.15, -0.1) is 0 Å². The number of hydrogen-bond acceptors (Lipinski definition) is 3. The molecule has 0 spiro atoms. The van der Waals surface area contributed by atoms with E-state index < -0.39 is 0 Å². The largest absolute Gasteiger partial charge is 0.494 e. The molecule has 106 valence electrons. The maximum absolute atomic E-state index is 6.28. The molecule has 0 aromatic heterocycles. The number of ether oxygens (including phenoxy) is 1. The smallest absolute Gasteiger partial charge is 0.119 e. The quantitative estimate of drug-likeness (QED) is 0.886. The second kappa shape index (κ2) is 6.40. The number of rotatable bonds is 5. The van der Waals surface area contributed by atoms with Crippen LogP contribution in [-0.2, 0) is 0 Å². The van der Waals surface area contributed by atoms with Crippen LogP contribution in [0.4, 0.5) is 0 Å². The minimum atomic E-state index is 0.241. The predicted octanol–water partition coefficient (Wildman–Crippen LogP) is 2.96. The molecule has 2 N–H and O–H groups in total. The minimum Gasteiger partial charge on any atom is -0.494 e. The summed E-state index contributed by atoms with van der Waals surface area (Å²) in [6, 6.07) is 9.58. The summed E-state index contributed by atoms with van der Waals surface area (Å²) in [5, 5.41) is 0. The van der Waals surface area contributed by atoms with Gasteiger partial charge in [-0.1, -0.05) is 19.1 Å². The molecule has 2 atom stereocenters. The van der Waals surface area contributed by atoms with Crippen molar-refractivity contribution in [1.29, 1.82) is 0 Å². The SMILES string of the molecule is CCCOc1ccc(C2C(N)CCN2C(C)C)cc1. The van der Waals surface area contributed by atoms with Gasteiger partial charge < -0.3 is 10.5 Å². The van der Waals surface area contributed by atoms with Crippen molar-refractivity contribution < 1.29 is 4.74 Å². The van der Waals surface area contributed by atoms with Crippen molar-refractivity contribution in [3.63, 3.8) is 0 Å². The third-order valence-electron chi connectivity index (χ3n) is 3.84. The Morgan fingerprint density at radius 3 is 2.58 bits per heavy atom. The molecule has 1 aliphatic heterocycles. The summed E-state index contributed by atoms with van der Waals surface area (Å²) in [4.78, 5) is 2.49. The van der Waals surface area contributed by atoms with E-state index in [0.717, 1.165) is 31.7 Å². The van der Waals surface area contributed by atoms with Crippen molar-refractivity contribution in [3.05, 3.63) is 29.8 Å². The highest BCUT2D eigenvalue weighted by Crippen LogP contribution is 2.33. The van der Waals surface area contributed by atoms with Crippen LogP contribution in [0.3, 0.4) is 0 Å². The van der Waals surface area contributed by atoms with Gasteiger partial charge in [-0.2, -0.15) is 0 Å². The van der Waals surface area contributed by atoms with E-state index in [2.05, 4.69) is 49.9 Å². The summed E-state index contributed by atoms with van der Waals surface area (Å²) in [7, 11) is 0. The van der Waals surface area contributed by atoms with Crippen LogP contribution in [0.25, 0.3) is 0 Å². The van der Waals surface area contributed by atoms with Crippen molar-refractivity contribution in [2.45, 2.75) is 51.7 Å². The van der Waals surface area contributed by atoms with Gasteiger partial charge in [-0.25, -0.2) is 0 Å². The number of hydrogen-bond donors (Lipinski definition) is 1. The van der Waals surface area contributed by atoms with Gasteiger partial charge in [-0.05, 0) is 44.4 Å². The number of nitrogens with zero attached hydrogens (tertiary/aromatic N) is 1. The average Bonchev–Trinajstić information content (AvgIpc) is 2.79. The Balaban J connectivity index is 2.11. The molecule has 0 amide bonds. The monoisotopic (exact) mass is 262 g/mol. The molecule has 2 unspecified atom stereocenters. The van der Waals surface area contributed by atoms with Crippen molar-refractivity contribution in [2.24, 2.45) is 5.73 Å². The van der Waals surface area contributed by atoms with Crippen molar-refractivity contribution >= 4 is 0 Å². The van der Waals surface area contributed by atoms with Crippen molar-refractivity contribution in [1.82, 2.24) is 4.90 Å². The molecule has 0 aliphatic carbocycles. The van der Waals surface area contributed by atoms with Crippen LogP contribution in [0.2, 0.25) is 0 Å². The second-order valence-corrected chi connectivity index (χ2v) is 5.65. The molecule has 1 saturated heterocycles. The first-order valence-electron chi connectivity index (χ1n) is 7.37. The summed E-state index contributed by atoms with van der Waals surface area (Å²) in [5.41, 5.74) is 7.59. The van der Waals surface area contributed by atoms with E-state index in [1.54, 1.807) is 0 Å². The summed E-state index contributed by atoms with van der Waals surface area (Å²) in [6.07, 6.45) is 2.12. The van der Waals surface area contributed by atoms with Crippen LogP contribution in [0, 0.1) is 0 Å². The topological polar surface area (TPSA) is 38.5 Å². The standard InChI is InChI=1S/C16H26N2O/c1-4-11-19-14-7-5-13(6-8-14)16-15(17)9-10-18(16)12(2)3/h5-8,12,15-16H,4,9-11,17H2,1-3H3. The Hall–Kier alpha value is -1.06. The van der Waals surface area contributed by atoms with Gasteiger partial charge in [0.1, 0.15) is 5.75 Å². The van der Waals surface area contributed by atoms with Gasteiger partial charge in [0.15, 0.2) is 0 Å². The summed E-state index contributed by atoms with van der Waals surface area (Å²) >= 11 is 0. The lowest BCUT2D eigenvalue weighted by molar-refractivity contribution is 0.198. The lowest BCUT2D eigenvalue weighted by atomic mass is 10.00. The van der Waals surface area contributed by atoms with E-state index in [1.165, 1.54) is 5.56 Å². The molecular formula is C16H26N2O. The molecule has 1 aromatic carbocycles. The Kier molecular flexibility index (Phi) is 4.83. The van der Waals surface area contributed by atoms with Gasteiger partial charge in [0.05, 0.1) is 12.6 Å². The highest BCUT2D eigenvalue weighted by Gasteiger charge is 2.34. The van der Waals surface area contributed by atoms with Gasteiger partial charge in [-0.3, -0.25) is 4.90 Å². The molecule has 19 heavy (non-hydrogen) atoms. The van der Waals surface area contributed by atoms with E-state index in [-0.39, 0.29) is 6.04 Å². The first kappa shape index (κ1) is 14.4. The predicted molar refractivity (Wildman–Crippen MR) is 79.4 cm³/mol. The maximum atomic E-state index is 6.28. The van der Waals surface area contributed by atoms with Crippen molar-refractivity contribution in [2.75, 3.05) is 13.2 Å². The molecule has 1 heterocycles. The molecule has 0 saturated carbocycles. The number of benzene rings is 1. The lowest BCUT2D eigenvalue weighted by Crippen LogP contribution is -2.35. The molecular weight excluding hydrogens is 236 g/mol. The molecule has 1 aromatic rings. The van der Waals surface area contributed by atoms with Gasteiger partial charge in [0.25, 0.3) is 0 Å². The van der Waals surface area contributed by atoms with Crippen molar-refractivity contribution in [3.8, 4) is 5.75 Å². The zero-order chi connectivity index (χ0) is 13.8. The van der Waals surface area contributed by atoms with Crippen LogP contribution < -0.4 is 10.5 Å². The zero-order valence-corrected chi connectivity index (χ0v) is 12.3. The van der Waals surface area contributed by atoms with E-state index >= 15 is 0 Å². The van der Waals surface area contributed by atoms with E-state index in [1.807, 2.05) is 0 Å². The highest BCUT2D eigenvalue weighted by molar-refractivity contribution is 5.30. The van der Waals surface area contributed by atoms with E-state index in [0.29, 0.717) is 12.1 Å². The molecule has 3 heteroatoms. The molecule has 3 nitrogen and oxygen atoms in total.